The van der Waals surface area contributed by atoms with Gasteiger partial charge in [-0.05, 0) is 18.2 Å². The normalized spacial score (nSPS) is 10.2. The van der Waals surface area contributed by atoms with Gasteiger partial charge in [0.15, 0.2) is 5.82 Å². The molecule has 7 nitrogen and oxygen atoms in total. The molecule has 0 aliphatic heterocycles. The molecule has 0 aliphatic rings. The lowest BCUT2D eigenvalue weighted by molar-refractivity contribution is -0.385. The van der Waals surface area contributed by atoms with Gasteiger partial charge in [0.2, 0.25) is 0 Å². The summed E-state index contributed by atoms with van der Waals surface area (Å²) >= 11 is 0. The second-order valence-electron chi connectivity index (χ2n) is 3.91. The number of hydrogen-bond donors (Lipinski definition) is 2. The zero-order chi connectivity index (χ0) is 14.7. The summed E-state index contributed by atoms with van der Waals surface area (Å²) in [6.45, 7) is 0.0558. The lowest BCUT2D eigenvalue weighted by atomic mass is 10.1. The van der Waals surface area contributed by atoms with Gasteiger partial charge in [0.05, 0.1) is 29.5 Å². The number of rotatable bonds is 4. The summed E-state index contributed by atoms with van der Waals surface area (Å²) in [6.07, 6.45) is 1.43. The first-order valence-electron chi connectivity index (χ1n) is 5.53. The number of furan rings is 1. The van der Waals surface area contributed by atoms with Gasteiger partial charge in [-0.2, -0.15) is 0 Å². The molecule has 1 aromatic carbocycles. The van der Waals surface area contributed by atoms with Crippen LogP contribution in [0.4, 0.5) is 15.8 Å². The van der Waals surface area contributed by atoms with Crippen molar-refractivity contribution >= 4 is 17.3 Å². The van der Waals surface area contributed by atoms with Crippen LogP contribution in [0.2, 0.25) is 0 Å². The van der Waals surface area contributed by atoms with E-state index in [2.05, 4.69) is 5.32 Å². The molecule has 0 unspecified atom stereocenters. The highest BCUT2D eigenvalue weighted by Gasteiger charge is 2.22. The van der Waals surface area contributed by atoms with Gasteiger partial charge in [-0.3, -0.25) is 14.9 Å². The molecule has 8 heteroatoms. The van der Waals surface area contributed by atoms with Crippen LogP contribution in [0.3, 0.4) is 0 Å². The number of nitrogens with two attached hydrogens (primary N) is 1. The van der Waals surface area contributed by atoms with Crippen LogP contribution in [-0.4, -0.2) is 10.8 Å². The van der Waals surface area contributed by atoms with E-state index in [0.717, 1.165) is 6.07 Å². The molecule has 0 spiro atoms. The highest BCUT2D eigenvalue weighted by atomic mass is 19.1. The molecule has 2 aromatic rings. The third-order valence-corrected chi connectivity index (χ3v) is 2.56. The smallest absolute Gasteiger partial charge is 0.285 e. The number of anilines is 1. The molecular weight excluding hydrogens is 269 g/mol. The summed E-state index contributed by atoms with van der Waals surface area (Å²) in [5, 5.41) is 13.3. The van der Waals surface area contributed by atoms with Gasteiger partial charge in [0.1, 0.15) is 11.3 Å². The first-order chi connectivity index (χ1) is 9.49. The Kier molecular flexibility index (Phi) is 3.65. The van der Waals surface area contributed by atoms with Crippen LogP contribution in [0.25, 0.3) is 0 Å². The molecule has 1 amide bonds. The summed E-state index contributed by atoms with van der Waals surface area (Å²) < 4.78 is 18.2. The highest BCUT2D eigenvalue weighted by Crippen LogP contribution is 2.24. The minimum absolute atomic E-state index is 0.0558. The van der Waals surface area contributed by atoms with Crippen molar-refractivity contribution in [2.24, 2.45) is 0 Å². The van der Waals surface area contributed by atoms with Crippen molar-refractivity contribution < 1.29 is 18.5 Å². The maximum Gasteiger partial charge on any atom is 0.285 e. The first kappa shape index (κ1) is 13.5. The van der Waals surface area contributed by atoms with Crippen molar-refractivity contribution in [3.05, 3.63) is 57.8 Å². The number of nitrogen functional groups attached to an aromatic ring is 1. The minimum Gasteiger partial charge on any atom is -0.467 e. The molecule has 0 aliphatic carbocycles. The van der Waals surface area contributed by atoms with E-state index in [0.29, 0.717) is 11.8 Å². The van der Waals surface area contributed by atoms with Gasteiger partial charge in [-0.25, -0.2) is 4.39 Å². The molecule has 0 saturated carbocycles. The predicted molar refractivity (Wildman–Crippen MR) is 67.3 cm³/mol. The summed E-state index contributed by atoms with van der Waals surface area (Å²) in [5.74, 6) is -1.20. The Labute approximate surface area is 112 Å². The number of nitrogens with one attached hydrogen (secondary N) is 1. The van der Waals surface area contributed by atoms with Crippen molar-refractivity contribution in [3.8, 4) is 0 Å². The van der Waals surface area contributed by atoms with Crippen molar-refractivity contribution in [3.63, 3.8) is 0 Å². The fraction of sp³-hybridized carbons (Fsp3) is 0.0833. The molecule has 0 fully saturated rings. The number of nitro benzene ring substituents is 1. The zero-order valence-corrected chi connectivity index (χ0v) is 10.1. The third-order valence-electron chi connectivity index (χ3n) is 2.56. The molecule has 0 atom stereocenters. The number of nitro groups is 1. The monoisotopic (exact) mass is 279 g/mol. The number of benzene rings is 1. The number of amides is 1. The molecule has 0 saturated heterocycles. The number of carbonyl (C=O) groups excluding carboxylic acids is 1. The largest absolute Gasteiger partial charge is 0.467 e. The Bertz CT molecular complexity index is 655. The van der Waals surface area contributed by atoms with Gasteiger partial charge >= 0.3 is 0 Å². The first-order valence-corrected chi connectivity index (χ1v) is 5.53. The maximum absolute atomic E-state index is 13.2. The van der Waals surface area contributed by atoms with Gasteiger partial charge in [0.25, 0.3) is 11.6 Å². The average molecular weight is 279 g/mol. The van der Waals surface area contributed by atoms with Crippen LogP contribution in [-0.2, 0) is 6.54 Å². The number of carbonyl (C=O) groups is 1. The van der Waals surface area contributed by atoms with E-state index >= 15 is 0 Å². The van der Waals surface area contributed by atoms with Crippen molar-refractivity contribution in [2.45, 2.75) is 6.54 Å². The Morgan fingerprint density at radius 3 is 2.85 bits per heavy atom. The van der Waals surface area contributed by atoms with E-state index in [1.54, 1.807) is 12.1 Å². The van der Waals surface area contributed by atoms with Crippen LogP contribution in [0.15, 0.2) is 34.9 Å². The molecule has 20 heavy (non-hydrogen) atoms. The van der Waals surface area contributed by atoms with E-state index in [1.807, 2.05) is 0 Å². The average Bonchev–Trinajstić information content (AvgIpc) is 2.91. The van der Waals surface area contributed by atoms with Gasteiger partial charge in [-0.15, -0.1) is 0 Å². The van der Waals surface area contributed by atoms with Crippen LogP contribution in [0.1, 0.15) is 16.1 Å². The van der Waals surface area contributed by atoms with Crippen LogP contribution < -0.4 is 11.1 Å². The van der Waals surface area contributed by atoms with Crippen LogP contribution >= 0.6 is 0 Å². The van der Waals surface area contributed by atoms with Crippen molar-refractivity contribution in [1.82, 2.24) is 5.32 Å². The minimum atomic E-state index is -0.945. The third kappa shape index (κ3) is 2.74. The van der Waals surface area contributed by atoms with Crippen molar-refractivity contribution in [2.75, 3.05) is 5.73 Å². The Morgan fingerprint density at radius 2 is 2.25 bits per heavy atom. The van der Waals surface area contributed by atoms with E-state index < -0.39 is 22.3 Å². The molecule has 104 valence electrons. The van der Waals surface area contributed by atoms with E-state index in [-0.39, 0.29) is 17.8 Å². The molecule has 1 heterocycles. The van der Waals surface area contributed by atoms with Crippen molar-refractivity contribution in [1.29, 1.82) is 0 Å². The quantitative estimate of drug-likeness (QED) is 0.504. The zero-order valence-electron chi connectivity index (χ0n) is 10.1. The molecule has 3 N–H and O–H groups in total. The summed E-state index contributed by atoms with van der Waals surface area (Å²) in [6, 6.07) is 4.83. The number of nitrogens with zero attached hydrogens (tertiary/aromatic N) is 1. The summed E-state index contributed by atoms with van der Waals surface area (Å²) in [7, 11) is 0. The van der Waals surface area contributed by atoms with Gasteiger partial charge in [-0.1, -0.05) is 0 Å². The lowest BCUT2D eigenvalue weighted by Crippen LogP contribution is -2.23. The molecule has 1 aromatic heterocycles. The second-order valence-corrected chi connectivity index (χ2v) is 3.91. The Morgan fingerprint density at radius 1 is 1.50 bits per heavy atom. The maximum atomic E-state index is 13.2. The standard InChI is InChI=1S/C12H10FN3O4/c13-9-5-11(16(18)19)8(4-10(9)14)12(17)15-6-7-2-1-3-20-7/h1-5H,6,14H2,(H,15,17). The highest BCUT2D eigenvalue weighted by molar-refractivity contribution is 5.99. The lowest BCUT2D eigenvalue weighted by Gasteiger charge is -2.06. The van der Waals surface area contributed by atoms with Crippen LogP contribution in [0.5, 0.6) is 0 Å². The fourth-order valence-electron chi connectivity index (χ4n) is 1.59. The fourth-order valence-corrected chi connectivity index (χ4v) is 1.59. The number of hydrogen-bond acceptors (Lipinski definition) is 5. The predicted octanol–water partition coefficient (Wildman–Crippen LogP) is 1.84. The van der Waals surface area contributed by atoms with Crippen LogP contribution in [0, 0.1) is 15.9 Å². The van der Waals surface area contributed by atoms with E-state index in [4.69, 9.17) is 10.2 Å². The molecule has 2 rings (SSSR count). The van der Waals surface area contributed by atoms with Gasteiger partial charge < -0.3 is 15.5 Å². The SMILES string of the molecule is Nc1cc(C(=O)NCc2ccco2)c([N+](=O)[O-])cc1F. The van der Waals surface area contributed by atoms with E-state index in [9.17, 15) is 19.3 Å². The number of halogens is 1. The molecular formula is C12H10FN3O4. The van der Waals surface area contributed by atoms with Gasteiger partial charge in [0, 0.05) is 0 Å². The Balaban J connectivity index is 2.24. The molecule has 0 bridgehead atoms. The summed E-state index contributed by atoms with van der Waals surface area (Å²) in [5.41, 5.74) is 4.04. The molecule has 0 radical (unpaired) electrons. The second kappa shape index (κ2) is 5.39. The summed E-state index contributed by atoms with van der Waals surface area (Å²) in [4.78, 5) is 21.9. The van der Waals surface area contributed by atoms with E-state index in [1.165, 1.54) is 6.26 Å². The topological polar surface area (TPSA) is 111 Å². The Hall–Kier alpha value is -2.90.